The van der Waals surface area contributed by atoms with Gasteiger partial charge in [-0.05, 0) is 39.2 Å². The molecule has 6 heteroatoms. The monoisotopic (exact) mass is 346 g/mol. The smallest absolute Gasteiger partial charge is 0.336 e. The molecule has 0 unspecified atom stereocenters. The zero-order valence-corrected chi connectivity index (χ0v) is 15.0. The molecule has 1 saturated heterocycles. The number of carbonyl (C=O) groups excluding carboxylic acids is 3. The lowest BCUT2D eigenvalue weighted by molar-refractivity contribution is -0.167. The summed E-state index contributed by atoms with van der Waals surface area (Å²) in [4.78, 5) is 38.6. The molecule has 0 saturated carbocycles. The van der Waals surface area contributed by atoms with Gasteiger partial charge in [0, 0.05) is 13.0 Å². The molecule has 0 aliphatic carbocycles. The largest absolute Gasteiger partial charge is 0.458 e. The molecule has 0 bridgehead atoms. The summed E-state index contributed by atoms with van der Waals surface area (Å²) in [6.45, 7) is 5.59. The van der Waals surface area contributed by atoms with Crippen LogP contribution in [0.25, 0.3) is 0 Å². The first-order valence-corrected chi connectivity index (χ1v) is 8.50. The highest BCUT2D eigenvalue weighted by molar-refractivity contribution is 6.08. The lowest BCUT2D eigenvalue weighted by Gasteiger charge is -2.34. The van der Waals surface area contributed by atoms with Crippen molar-refractivity contribution in [1.29, 1.82) is 0 Å². The normalized spacial score (nSPS) is 20.0. The number of carbonyl (C=O) groups is 3. The Kier molecular flexibility index (Phi) is 5.62. The third-order valence-corrected chi connectivity index (χ3v) is 4.19. The molecule has 1 aliphatic rings. The van der Waals surface area contributed by atoms with Crippen LogP contribution in [0.5, 0.6) is 0 Å². The Hall–Kier alpha value is -2.21. The molecule has 136 valence electrons. The number of aldehydes is 1. The zero-order chi connectivity index (χ0) is 18.7. The summed E-state index contributed by atoms with van der Waals surface area (Å²) in [6.07, 6.45) is 2.06. The number of esters is 1. The molecular weight excluding hydrogens is 320 g/mol. The number of nitrogens with two attached hydrogens (primary N) is 1. The summed E-state index contributed by atoms with van der Waals surface area (Å²) in [6, 6.07) is 8.56. The van der Waals surface area contributed by atoms with Crippen LogP contribution in [0.4, 0.5) is 0 Å². The maximum atomic E-state index is 13.1. The van der Waals surface area contributed by atoms with Gasteiger partial charge in [-0.1, -0.05) is 30.3 Å². The Morgan fingerprint density at radius 2 is 1.92 bits per heavy atom. The topological polar surface area (TPSA) is 89.7 Å². The van der Waals surface area contributed by atoms with E-state index in [0.717, 1.165) is 11.8 Å². The molecule has 2 rings (SSSR count). The Morgan fingerprint density at radius 3 is 2.48 bits per heavy atom. The van der Waals surface area contributed by atoms with Gasteiger partial charge in [-0.15, -0.1) is 0 Å². The number of hydrogen-bond donors (Lipinski definition) is 1. The van der Waals surface area contributed by atoms with E-state index < -0.39 is 29.1 Å². The molecule has 1 aromatic rings. The van der Waals surface area contributed by atoms with Crippen LogP contribution in [0.15, 0.2) is 30.3 Å². The molecule has 0 spiro atoms. The maximum absolute atomic E-state index is 13.1. The molecule has 1 aliphatic heterocycles. The molecular formula is C19H26N2O4. The third-order valence-electron chi connectivity index (χ3n) is 4.19. The van der Waals surface area contributed by atoms with Crippen molar-refractivity contribution in [3.8, 4) is 0 Å². The van der Waals surface area contributed by atoms with Gasteiger partial charge in [0.2, 0.25) is 0 Å². The van der Waals surface area contributed by atoms with E-state index in [1.165, 1.54) is 4.90 Å². The first-order valence-electron chi connectivity index (χ1n) is 8.50. The van der Waals surface area contributed by atoms with Crippen LogP contribution in [0, 0.1) is 0 Å². The molecule has 1 fully saturated rings. The standard InChI is InChI=1S/C19H26N2O4/c1-18(2,3)25-17(24)19(20,12-14-8-5-4-6-9-14)16(23)21-11-7-10-15(21)13-22/h4-6,8-9,13,15H,7,10-12,20H2,1-3H3/t15-,19-/m0/s1. The summed E-state index contributed by atoms with van der Waals surface area (Å²) in [5.74, 6) is -1.33. The van der Waals surface area contributed by atoms with Crippen molar-refractivity contribution in [2.45, 2.75) is 57.2 Å². The fraction of sp³-hybridized carbons (Fsp3) is 0.526. The van der Waals surface area contributed by atoms with E-state index in [0.29, 0.717) is 19.4 Å². The van der Waals surface area contributed by atoms with Crippen molar-refractivity contribution in [3.05, 3.63) is 35.9 Å². The van der Waals surface area contributed by atoms with Gasteiger partial charge in [0.15, 0.2) is 5.54 Å². The van der Waals surface area contributed by atoms with Crippen LogP contribution in [0.3, 0.4) is 0 Å². The maximum Gasteiger partial charge on any atom is 0.336 e. The third kappa shape index (κ3) is 4.45. The molecule has 6 nitrogen and oxygen atoms in total. The Morgan fingerprint density at radius 1 is 1.28 bits per heavy atom. The van der Waals surface area contributed by atoms with E-state index >= 15 is 0 Å². The van der Waals surface area contributed by atoms with Crippen LogP contribution in [-0.2, 0) is 25.5 Å². The lowest BCUT2D eigenvalue weighted by Crippen LogP contribution is -2.64. The fourth-order valence-electron chi connectivity index (χ4n) is 2.96. The van der Waals surface area contributed by atoms with Gasteiger partial charge in [0.05, 0.1) is 6.04 Å². The Labute approximate surface area is 148 Å². The number of likely N-dealkylation sites (tertiary alicyclic amines) is 1. The summed E-state index contributed by atoms with van der Waals surface area (Å²) < 4.78 is 5.42. The number of nitrogens with zero attached hydrogens (tertiary/aromatic N) is 1. The molecule has 1 aromatic carbocycles. The second kappa shape index (κ2) is 7.35. The summed E-state index contributed by atoms with van der Waals surface area (Å²) >= 11 is 0. The first-order chi connectivity index (χ1) is 11.7. The van der Waals surface area contributed by atoms with Crippen molar-refractivity contribution in [2.75, 3.05) is 6.54 Å². The van der Waals surface area contributed by atoms with Crippen LogP contribution < -0.4 is 5.73 Å². The highest BCUT2D eigenvalue weighted by atomic mass is 16.6. The lowest BCUT2D eigenvalue weighted by atomic mass is 9.89. The van der Waals surface area contributed by atoms with Gasteiger partial charge >= 0.3 is 5.97 Å². The van der Waals surface area contributed by atoms with E-state index in [1.54, 1.807) is 32.9 Å². The molecule has 25 heavy (non-hydrogen) atoms. The average molecular weight is 346 g/mol. The van der Waals surface area contributed by atoms with Gasteiger partial charge in [-0.25, -0.2) is 4.79 Å². The van der Waals surface area contributed by atoms with Gasteiger partial charge < -0.3 is 20.2 Å². The fourth-order valence-corrected chi connectivity index (χ4v) is 2.96. The minimum Gasteiger partial charge on any atom is -0.458 e. The predicted molar refractivity (Wildman–Crippen MR) is 93.7 cm³/mol. The van der Waals surface area contributed by atoms with Crippen molar-refractivity contribution >= 4 is 18.2 Å². The summed E-state index contributed by atoms with van der Waals surface area (Å²) in [5.41, 5.74) is 4.46. The Bertz CT molecular complexity index is 639. The van der Waals surface area contributed by atoms with Crippen molar-refractivity contribution in [2.24, 2.45) is 5.73 Å². The van der Waals surface area contributed by atoms with Crippen molar-refractivity contribution < 1.29 is 19.1 Å². The van der Waals surface area contributed by atoms with Crippen LogP contribution in [0.2, 0.25) is 0 Å². The number of rotatable bonds is 5. The van der Waals surface area contributed by atoms with Gasteiger partial charge in [-0.2, -0.15) is 0 Å². The second-order valence-electron chi connectivity index (χ2n) is 7.48. The van der Waals surface area contributed by atoms with Crippen LogP contribution in [-0.4, -0.2) is 46.8 Å². The van der Waals surface area contributed by atoms with E-state index in [1.807, 2.05) is 18.2 Å². The predicted octanol–water partition coefficient (Wildman–Crippen LogP) is 1.46. The first kappa shape index (κ1) is 19.1. The van der Waals surface area contributed by atoms with Crippen LogP contribution >= 0.6 is 0 Å². The van der Waals surface area contributed by atoms with E-state index in [9.17, 15) is 14.4 Å². The molecule has 1 heterocycles. The molecule has 0 aromatic heterocycles. The van der Waals surface area contributed by atoms with Crippen LogP contribution in [0.1, 0.15) is 39.2 Å². The number of amides is 1. The van der Waals surface area contributed by atoms with Crippen molar-refractivity contribution in [1.82, 2.24) is 4.90 Å². The summed E-state index contributed by atoms with van der Waals surface area (Å²) in [7, 11) is 0. The van der Waals surface area contributed by atoms with Gasteiger partial charge in [0.1, 0.15) is 11.9 Å². The van der Waals surface area contributed by atoms with Gasteiger partial charge in [0.25, 0.3) is 5.91 Å². The van der Waals surface area contributed by atoms with Gasteiger partial charge in [-0.3, -0.25) is 4.79 Å². The second-order valence-corrected chi connectivity index (χ2v) is 7.48. The Balaban J connectivity index is 2.35. The zero-order valence-electron chi connectivity index (χ0n) is 15.0. The quantitative estimate of drug-likeness (QED) is 0.495. The number of benzene rings is 1. The van der Waals surface area contributed by atoms with Crippen molar-refractivity contribution in [3.63, 3.8) is 0 Å². The minimum absolute atomic E-state index is 0.0175. The highest BCUT2D eigenvalue weighted by Gasteiger charge is 2.49. The molecule has 0 radical (unpaired) electrons. The van der Waals surface area contributed by atoms with E-state index in [-0.39, 0.29) is 6.42 Å². The number of hydrogen-bond acceptors (Lipinski definition) is 5. The molecule has 2 N–H and O–H groups in total. The highest BCUT2D eigenvalue weighted by Crippen LogP contribution is 2.24. The van der Waals surface area contributed by atoms with E-state index in [2.05, 4.69) is 0 Å². The SMILES string of the molecule is CC(C)(C)OC(=O)[C@](N)(Cc1ccccc1)C(=O)N1CCC[C@H]1C=O. The molecule has 2 atom stereocenters. The number of ether oxygens (including phenoxy) is 1. The average Bonchev–Trinajstić information content (AvgIpc) is 3.01. The van der Waals surface area contributed by atoms with E-state index in [4.69, 9.17) is 10.5 Å². The molecule has 1 amide bonds. The summed E-state index contributed by atoms with van der Waals surface area (Å²) in [5, 5.41) is 0. The minimum atomic E-state index is -1.86.